The molecule has 1 aromatic heterocycles. The van der Waals surface area contributed by atoms with Gasteiger partial charge >= 0.3 is 0 Å². The monoisotopic (exact) mass is 322 g/mol. The minimum absolute atomic E-state index is 0.110. The molecule has 0 spiro atoms. The molecular formula is C17H20ClFN2O. The average Bonchev–Trinajstić information content (AvgIpc) is 3.18. The van der Waals surface area contributed by atoms with Crippen molar-refractivity contribution in [3.63, 3.8) is 0 Å². The molecule has 1 saturated heterocycles. The fourth-order valence-electron chi connectivity index (χ4n) is 2.73. The SMILES string of the molecule is Fc1ccc(-c2ccc(CNCCN3CCCC3)o2)cc1Cl. The number of hydrogen-bond acceptors (Lipinski definition) is 3. The van der Waals surface area contributed by atoms with Crippen molar-refractivity contribution >= 4 is 11.6 Å². The van der Waals surface area contributed by atoms with Crippen molar-refractivity contribution < 1.29 is 8.81 Å². The van der Waals surface area contributed by atoms with Gasteiger partial charge in [-0.25, -0.2) is 4.39 Å². The lowest BCUT2D eigenvalue weighted by atomic mass is 10.2. The van der Waals surface area contributed by atoms with Crippen molar-refractivity contribution in [2.75, 3.05) is 26.2 Å². The van der Waals surface area contributed by atoms with Crippen LogP contribution >= 0.6 is 11.6 Å². The summed E-state index contributed by atoms with van der Waals surface area (Å²) in [5, 5.41) is 3.50. The van der Waals surface area contributed by atoms with E-state index in [0.29, 0.717) is 12.3 Å². The third-order valence-electron chi connectivity index (χ3n) is 3.97. The van der Waals surface area contributed by atoms with Gasteiger partial charge in [-0.1, -0.05) is 11.6 Å². The molecule has 3 nitrogen and oxygen atoms in total. The lowest BCUT2D eigenvalue weighted by Gasteiger charge is -2.14. The van der Waals surface area contributed by atoms with Crippen LogP contribution in [0.2, 0.25) is 5.02 Å². The number of furan rings is 1. The second kappa shape index (κ2) is 7.27. The van der Waals surface area contributed by atoms with Crippen molar-refractivity contribution in [1.29, 1.82) is 0 Å². The van der Waals surface area contributed by atoms with E-state index in [2.05, 4.69) is 10.2 Å². The summed E-state index contributed by atoms with van der Waals surface area (Å²) in [6.45, 7) is 5.18. The molecule has 2 heterocycles. The highest BCUT2D eigenvalue weighted by Gasteiger charge is 2.11. The van der Waals surface area contributed by atoms with Gasteiger partial charge in [0.1, 0.15) is 17.3 Å². The molecule has 0 saturated carbocycles. The van der Waals surface area contributed by atoms with Crippen LogP contribution in [0.15, 0.2) is 34.7 Å². The standard InChI is InChI=1S/C17H20ClFN2O/c18-15-11-13(3-5-16(15)19)17-6-4-14(22-17)12-20-7-10-21-8-1-2-9-21/h3-6,11,20H,1-2,7-10,12H2. The molecule has 0 atom stereocenters. The number of rotatable bonds is 6. The molecule has 0 amide bonds. The minimum Gasteiger partial charge on any atom is -0.460 e. The Hall–Kier alpha value is -1.36. The Morgan fingerprint density at radius 1 is 1.18 bits per heavy atom. The summed E-state index contributed by atoms with van der Waals surface area (Å²) in [6.07, 6.45) is 2.64. The summed E-state index contributed by atoms with van der Waals surface area (Å²) in [7, 11) is 0. The van der Waals surface area contributed by atoms with Gasteiger partial charge in [0.25, 0.3) is 0 Å². The summed E-state index contributed by atoms with van der Waals surface area (Å²) in [4.78, 5) is 2.47. The molecule has 118 valence electrons. The summed E-state index contributed by atoms with van der Waals surface area (Å²) >= 11 is 5.80. The van der Waals surface area contributed by atoms with Crippen LogP contribution < -0.4 is 5.32 Å². The maximum atomic E-state index is 13.2. The van der Waals surface area contributed by atoms with E-state index in [-0.39, 0.29) is 5.02 Å². The molecule has 1 aliphatic rings. The van der Waals surface area contributed by atoms with E-state index in [1.54, 1.807) is 12.1 Å². The normalized spacial score (nSPS) is 15.5. The van der Waals surface area contributed by atoms with Crippen molar-refractivity contribution in [2.45, 2.75) is 19.4 Å². The van der Waals surface area contributed by atoms with Crippen LogP contribution in [0.5, 0.6) is 0 Å². The van der Waals surface area contributed by atoms with Crippen molar-refractivity contribution in [3.05, 3.63) is 46.9 Å². The van der Waals surface area contributed by atoms with E-state index >= 15 is 0 Å². The van der Waals surface area contributed by atoms with Gasteiger partial charge < -0.3 is 14.6 Å². The molecule has 3 rings (SSSR count). The van der Waals surface area contributed by atoms with Crippen molar-refractivity contribution in [3.8, 4) is 11.3 Å². The first kappa shape index (κ1) is 15.5. The quantitative estimate of drug-likeness (QED) is 0.817. The number of nitrogens with zero attached hydrogens (tertiary/aromatic N) is 1. The molecule has 0 aliphatic carbocycles. The molecule has 1 fully saturated rings. The molecule has 22 heavy (non-hydrogen) atoms. The second-order valence-corrected chi connectivity index (χ2v) is 6.03. The molecule has 1 aliphatic heterocycles. The van der Waals surface area contributed by atoms with Crippen LogP contribution in [0.25, 0.3) is 11.3 Å². The molecule has 0 bridgehead atoms. The van der Waals surface area contributed by atoms with Crippen LogP contribution in [0, 0.1) is 5.82 Å². The molecule has 2 aromatic rings. The summed E-state index contributed by atoms with van der Waals surface area (Å²) in [6, 6.07) is 8.44. The zero-order valence-electron chi connectivity index (χ0n) is 12.4. The lowest BCUT2D eigenvalue weighted by molar-refractivity contribution is 0.333. The summed E-state index contributed by atoms with van der Waals surface area (Å²) in [5.41, 5.74) is 0.787. The molecule has 5 heteroatoms. The minimum atomic E-state index is -0.416. The highest BCUT2D eigenvalue weighted by atomic mass is 35.5. The largest absolute Gasteiger partial charge is 0.460 e. The van der Waals surface area contributed by atoms with Crippen LogP contribution in [-0.4, -0.2) is 31.1 Å². The van der Waals surface area contributed by atoms with Gasteiger partial charge in [-0.2, -0.15) is 0 Å². The third-order valence-corrected chi connectivity index (χ3v) is 4.26. The summed E-state index contributed by atoms with van der Waals surface area (Å²) in [5.74, 6) is 1.16. The predicted octanol–water partition coefficient (Wildman–Crippen LogP) is 3.92. The van der Waals surface area contributed by atoms with E-state index in [1.807, 2.05) is 12.1 Å². The zero-order valence-corrected chi connectivity index (χ0v) is 13.2. The maximum Gasteiger partial charge on any atom is 0.141 e. The third kappa shape index (κ3) is 3.88. The van der Waals surface area contributed by atoms with Gasteiger partial charge in [0, 0.05) is 18.7 Å². The van der Waals surface area contributed by atoms with Crippen molar-refractivity contribution in [1.82, 2.24) is 10.2 Å². The topological polar surface area (TPSA) is 28.4 Å². The number of hydrogen-bond donors (Lipinski definition) is 1. The summed E-state index contributed by atoms with van der Waals surface area (Å²) < 4.78 is 19.0. The first-order valence-electron chi connectivity index (χ1n) is 7.69. The predicted molar refractivity (Wildman–Crippen MR) is 86.5 cm³/mol. The number of halogens is 2. The molecule has 0 radical (unpaired) electrons. The Kier molecular flexibility index (Phi) is 5.13. The number of nitrogens with one attached hydrogen (secondary N) is 1. The van der Waals surface area contributed by atoms with Crippen LogP contribution in [0.1, 0.15) is 18.6 Å². The Morgan fingerprint density at radius 2 is 2.00 bits per heavy atom. The lowest BCUT2D eigenvalue weighted by Crippen LogP contribution is -2.29. The molecule has 1 N–H and O–H groups in total. The van der Waals surface area contributed by atoms with E-state index in [9.17, 15) is 4.39 Å². The van der Waals surface area contributed by atoms with Gasteiger partial charge in [0.05, 0.1) is 11.6 Å². The van der Waals surface area contributed by atoms with Crippen LogP contribution in [0.3, 0.4) is 0 Å². The number of benzene rings is 1. The smallest absolute Gasteiger partial charge is 0.141 e. The van der Waals surface area contributed by atoms with Gasteiger partial charge in [0.15, 0.2) is 0 Å². The molecule has 0 unspecified atom stereocenters. The van der Waals surface area contributed by atoms with E-state index < -0.39 is 5.82 Å². The first-order valence-corrected chi connectivity index (χ1v) is 8.07. The van der Waals surface area contributed by atoms with Gasteiger partial charge in [-0.3, -0.25) is 0 Å². The van der Waals surface area contributed by atoms with Gasteiger partial charge in [-0.05, 0) is 56.3 Å². The fourth-order valence-corrected chi connectivity index (χ4v) is 2.91. The first-order chi connectivity index (χ1) is 10.7. The average molecular weight is 323 g/mol. The van der Waals surface area contributed by atoms with Gasteiger partial charge in [-0.15, -0.1) is 0 Å². The van der Waals surface area contributed by atoms with E-state index in [0.717, 1.165) is 24.4 Å². The van der Waals surface area contributed by atoms with Crippen LogP contribution in [0.4, 0.5) is 4.39 Å². The fraction of sp³-hybridized carbons (Fsp3) is 0.412. The highest BCUT2D eigenvalue weighted by Crippen LogP contribution is 2.26. The number of likely N-dealkylation sites (tertiary alicyclic amines) is 1. The molecular weight excluding hydrogens is 303 g/mol. The maximum absolute atomic E-state index is 13.2. The van der Waals surface area contributed by atoms with E-state index in [4.69, 9.17) is 16.0 Å². The van der Waals surface area contributed by atoms with Crippen molar-refractivity contribution in [2.24, 2.45) is 0 Å². The molecule has 1 aromatic carbocycles. The van der Waals surface area contributed by atoms with Crippen LogP contribution in [-0.2, 0) is 6.54 Å². The Morgan fingerprint density at radius 3 is 2.77 bits per heavy atom. The van der Waals surface area contributed by atoms with E-state index in [1.165, 1.54) is 32.0 Å². The Labute approximate surface area is 135 Å². The Bertz CT molecular complexity index is 623. The Balaban J connectivity index is 1.51. The zero-order chi connectivity index (χ0) is 15.4. The second-order valence-electron chi connectivity index (χ2n) is 5.62. The highest BCUT2D eigenvalue weighted by molar-refractivity contribution is 6.31. The van der Waals surface area contributed by atoms with Gasteiger partial charge in [0.2, 0.25) is 0 Å².